The van der Waals surface area contributed by atoms with Gasteiger partial charge < -0.3 is 39.7 Å². The molecule has 0 unspecified atom stereocenters. The van der Waals surface area contributed by atoms with Crippen molar-refractivity contribution >= 4 is 30.1 Å². The third-order valence-corrected chi connectivity index (χ3v) is 4.66. The highest BCUT2D eigenvalue weighted by Gasteiger charge is 2.49. The number of aliphatic hydroxyl groups excluding tert-OH is 1. The minimum atomic E-state index is -1.64. The van der Waals surface area contributed by atoms with Gasteiger partial charge in [-0.25, -0.2) is 14.4 Å². The second kappa shape index (κ2) is 10.4. The zero-order valence-electron chi connectivity index (χ0n) is 17.4. The zero-order valence-corrected chi connectivity index (χ0v) is 17.4. The first-order valence-corrected chi connectivity index (χ1v) is 9.80. The molecular weight excluding hydrogens is 452 g/mol. The summed E-state index contributed by atoms with van der Waals surface area (Å²) in [7, 11) is 0. The van der Waals surface area contributed by atoms with E-state index in [1.165, 1.54) is 48.6 Å². The van der Waals surface area contributed by atoms with E-state index in [0.717, 1.165) is 12.2 Å². The minimum absolute atomic E-state index is 0.340. The highest BCUT2D eigenvalue weighted by Crippen LogP contribution is 2.27. The van der Waals surface area contributed by atoms with Gasteiger partial charge in [0.1, 0.15) is 0 Å². The quantitative estimate of drug-likeness (QED) is 0.168. The second-order valence-corrected chi connectivity index (χ2v) is 7.08. The number of rotatable bonds is 7. The van der Waals surface area contributed by atoms with Crippen molar-refractivity contribution in [3.05, 3.63) is 59.7 Å². The van der Waals surface area contributed by atoms with Crippen LogP contribution in [-0.2, 0) is 28.6 Å². The molecule has 178 valence electrons. The summed E-state index contributed by atoms with van der Waals surface area (Å²) in [5, 5.41) is 47.1. The summed E-state index contributed by atoms with van der Waals surface area (Å²) in [5.74, 6) is -4.45. The van der Waals surface area contributed by atoms with Gasteiger partial charge in [0.05, 0.1) is 6.61 Å². The number of hydrogen-bond acceptors (Lipinski definition) is 11. The average Bonchev–Trinajstić information content (AvgIpc) is 3.09. The molecule has 1 fully saturated rings. The van der Waals surface area contributed by atoms with E-state index < -0.39 is 54.3 Å². The van der Waals surface area contributed by atoms with Crippen LogP contribution >= 0.6 is 0 Å². The van der Waals surface area contributed by atoms with Crippen molar-refractivity contribution in [1.29, 1.82) is 0 Å². The van der Waals surface area contributed by atoms with E-state index >= 15 is 0 Å². The summed E-state index contributed by atoms with van der Waals surface area (Å²) < 4.78 is 15.1. The fourth-order valence-electron chi connectivity index (χ4n) is 2.96. The van der Waals surface area contributed by atoms with Crippen molar-refractivity contribution in [2.24, 2.45) is 0 Å². The summed E-state index contributed by atoms with van der Waals surface area (Å²) >= 11 is 0. The molecule has 0 amide bonds. The molecule has 34 heavy (non-hydrogen) atoms. The Balaban J connectivity index is 1.67. The molecule has 2 aromatic rings. The van der Waals surface area contributed by atoms with Crippen molar-refractivity contribution in [2.75, 3.05) is 6.61 Å². The van der Waals surface area contributed by atoms with Crippen molar-refractivity contribution in [3.63, 3.8) is 0 Å². The fraction of sp³-hybridized carbons (Fsp3) is 0.174. The predicted octanol–water partition coefficient (Wildman–Crippen LogP) is 0.977. The molecule has 11 nitrogen and oxygen atoms in total. The fourth-order valence-corrected chi connectivity index (χ4v) is 2.96. The monoisotopic (exact) mass is 472 g/mol. The average molecular weight is 472 g/mol. The van der Waals surface area contributed by atoms with Crippen LogP contribution < -0.4 is 0 Å². The van der Waals surface area contributed by atoms with Gasteiger partial charge in [0.15, 0.2) is 35.2 Å². The molecule has 1 heterocycles. The van der Waals surface area contributed by atoms with E-state index in [-0.39, 0.29) is 11.5 Å². The van der Waals surface area contributed by atoms with Crippen LogP contribution in [0.15, 0.2) is 48.6 Å². The Morgan fingerprint density at radius 2 is 1.32 bits per heavy atom. The maximum atomic E-state index is 12.2. The third-order valence-electron chi connectivity index (χ3n) is 4.66. The topological polar surface area (TPSA) is 180 Å². The number of cyclic esters (lactones) is 1. The van der Waals surface area contributed by atoms with Crippen LogP contribution in [0.2, 0.25) is 0 Å². The number of carbonyl (C=O) groups is 3. The largest absolute Gasteiger partial charge is 0.504 e. The van der Waals surface area contributed by atoms with Gasteiger partial charge in [-0.2, -0.15) is 0 Å². The summed E-state index contributed by atoms with van der Waals surface area (Å²) in [6.07, 6.45) is 0.0982. The molecule has 1 aliphatic rings. The lowest BCUT2D eigenvalue weighted by atomic mass is 10.1. The second-order valence-electron chi connectivity index (χ2n) is 7.08. The first-order valence-electron chi connectivity index (χ1n) is 9.80. The molecular formula is C23H20O11. The molecule has 0 bridgehead atoms. The molecule has 5 N–H and O–H groups in total. The van der Waals surface area contributed by atoms with E-state index in [0.29, 0.717) is 11.1 Å². The molecule has 0 spiro atoms. The lowest BCUT2D eigenvalue weighted by Crippen LogP contribution is -2.40. The number of esters is 3. The van der Waals surface area contributed by atoms with Crippen molar-refractivity contribution in [3.8, 4) is 23.0 Å². The number of aromatic hydroxyl groups is 4. The number of phenolic OH excluding ortho intramolecular Hbond substituents is 4. The minimum Gasteiger partial charge on any atom is -0.504 e. The first-order chi connectivity index (χ1) is 16.2. The third kappa shape index (κ3) is 5.84. The Bertz CT molecular complexity index is 1150. The molecule has 3 atom stereocenters. The highest BCUT2D eigenvalue weighted by atomic mass is 16.7. The number of hydrogen-bond donors (Lipinski definition) is 5. The van der Waals surface area contributed by atoms with E-state index in [4.69, 9.17) is 14.2 Å². The standard InChI is InChI=1S/C23H20O11/c24-11-18-21(33-19(29)7-3-12-1-5-14(25)16(27)9-12)22(23(31)32-18)34-20(30)8-4-13-2-6-15(26)17(28)10-13/h1-10,18,21-22,24-28H,11H2/b7-3+,8-4+/t18-,21+,22-/m1/s1. The maximum absolute atomic E-state index is 12.2. The summed E-state index contributed by atoms with van der Waals surface area (Å²) in [6, 6.07) is 7.65. The number of aliphatic hydroxyl groups is 1. The number of ether oxygens (including phenoxy) is 3. The molecule has 0 aromatic heterocycles. The van der Waals surface area contributed by atoms with Crippen molar-refractivity contribution < 1.29 is 54.1 Å². The smallest absolute Gasteiger partial charge is 0.352 e. The SMILES string of the molecule is O=C(/C=C/c1ccc(O)c(O)c1)O[C@H]1[C@@H](CO)OC(=O)[C@@H]1OC(=O)/C=C/c1ccc(O)c(O)c1. The highest BCUT2D eigenvalue weighted by molar-refractivity contribution is 5.91. The van der Waals surface area contributed by atoms with Gasteiger partial charge in [-0.05, 0) is 47.5 Å². The Labute approximate surface area is 192 Å². The Kier molecular flexibility index (Phi) is 7.39. The van der Waals surface area contributed by atoms with Crippen LogP contribution in [0.3, 0.4) is 0 Å². The van der Waals surface area contributed by atoms with Crippen LogP contribution in [0.5, 0.6) is 23.0 Å². The lowest BCUT2D eigenvalue weighted by molar-refractivity contribution is -0.163. The van der Waals surface area contributed by atoms with Gasteiger partial charge in [0.2, 0.25) is 6.10 Å². The van der Waals surface area contributed by atoms with Crippen molar-refractivity contribution in [1.82, 2.24) is 0 Å². The van der Waals surface area contributed by atoms with E-state index in [1.807, 2.05) is 0 Å². The summed E-state index contributed by atoms with van der Waals surface area (Å²) in [4.78, 5) is 36.5. The molecule has 0 saturated carbocycles. The van der Waals surface area contributed by atoms with E-state index in [9.17, 15) is 39.9 Å². The van der Waals surface area contributed by atoms with E-state index in [1.54, 1.807) is 0 Å². The Morgan fingerprint density at radius 3 is 1.79 bits per heavy atom. The summed E-state index contributed by atoms with van der Waals surface area (Å²) in [6.45, 7) is -0.699. The lowest BCUT2D eigenvalue weighted by Gasteiger charge is -2.19. The van der Waals surface area contributed by atoms with Gasteiger partial charge in [0, 0.05) is 12.2 Å². The van der Waals surface area contributed by atoms with E-state index in [2.05, 4.69) is 0 Å². The zero-order chi connectivity index (χ0) is 24.8. The van der Waals surface area contributed by atoms with Gasteiger partial charge >= 0.3 is 17.9 Å². The Hall–Kier alpha value is -4.51. The molecule has 3 rings (SSSR count). The van der Waals surface area contributed by atoms with Crippen LogP contribution in [0.25, 0.3) is 12.2 Å². The van der Waals surface area contributed by atoms with Gasteiger partial charge in [-0.15, -0.1) is 0 Å². The number of benzene rings is 2. The van der Waals surface area contributed by atoms with Crippen molar-refractivity contribution in [2.45, 2.75) is 18.3 Å². The molecule has 0 aliphatic carbocycles. The maximum Gasteiger partial charge on any atom is 0.352 e. The molecule has 1 aliphatic heterocycles. The van der Waals surface area contributed by atoms with Crippen LogP contribution in [0.4, 0.5) is 0 Å². The first kappa shape index (κ1) is 24.1. The van der Waals surface area contributed by atoms with Crippen LogP contribution in [0.1, 0.15) is 11.1 Å². The van der Waals surface area contributed by atoms with Crippen LogP contribution in [-0.4, -0.2) is 68.4 Å². The van der Waals surface area contributed by atoms with Crippen LogP contribution in [0, 0.1) is 0 Å². The normalized spacial score (nSPS) is 19.9. The molecule has 11 heteroatoms. The molecule has 2 aromatic carbocycles. The number of phenols is 4. The summed E-state index contributed by atoms with van der Waals surface area (Å²) in [5.41, 5.74) is 0.709. The van der Waals surface area contributed by atoms with Gasteiger partial charge in [-0.1, -0.05) is 12.1 Å². The Morgan fingerprint density at radius 1 is 0.824 bits per heavy atom. The van der Waals surface area contributed by atoms with Gasteiger partial charge in [0.25, 0.3) is 0 Å². The number of carbonyl (C=O) groups excluding carboxylic acids is 3. The predicted molar refractivity (Wildman–Crippen MR) is 114 cm³/mol. The molecule has 1 saturated heterocycles. The van der Waals surface area contributed by atoms with Gasteiger partial charge in [-0.3, -0.25) is 0 Å². The molecule has 0 radical (unpaired) electrons.